The Labute approximate surface area is 92.1 Å². The van der Waals surface area contributed by atoms with Gasteiger partial charge in [0, 0.05) is 12.5 Å². The standard InChI is InChI=1S/C12H22N2O/c1-12(7-4-8-15-12)9-14-11(13)10-5-2-3-6-10/h10H,2-9H2,1H3,(H2,13,14). The van der Waals surface area contributed by atoms with Crippen LogP contribution in [0, 0.1) is 5.92 Å². The van der Waals surface area contributed by atoms with Crippen molar-refractivity contribution in [3.63, 3.8) is 0 Å². The third-order valence-electron chi connectivity index (χ3n) is 3.67. The normalized spacial score (nSPS) is 33.8. The highest BCUT2D eigenvalue weighted by Gasteiger charge is 2.29. The Morgan fingerprint density at radius 2 is 2.13 bits per heavy atom. The molecule has 86 valence electrons. The van der Waals surface area contributed by atoms with E-state index in [1.165, 1.54) is 25.7 Å². The van der Waals surface area contributed by atoms with Crippen LogP contribution in [0.2, 0.25) is 0 Å². The molecule has 0 amide bonds. The molecule has 0 spiro atoms. The molecule has 1 saturated carbocycles. The largest absolute Gasteiger partial charge is 0.387 e. The molecule has 1 aliphatic heterocycles. The van der Waals surface area contributed by atoms with E-state index in [4.69, 9.17) is 10.5 Å². The van der Waals surface area contributed by atoms with Gasteiger partial charge in [0.15, 0.2) is 0 Å². The number of rotatable bonds is 3. The Kier molecular flexibility index (Phi) is 3.29. The fourth-order valence-corrected chi connectivity index (χ4v) is 2.57. The first-order valence-corrected chi connectivity index (χ1v) is 6.13. The molecule has 1 unspecified atom stereocenters. The number of hydrogen-bond donors (Lipinski definition) is 1. The van der Waals surface area contributed by atoms with Crippen LogP contribution in [0.5, 0.6) is 0 Å². The minimum Gasteiger partial charge on any atom is -0.387 e. The molecular formula is C12H22N2O. The molecule has 2 fully saturated rings. The summed E-state index contributed by atoms with van der Waals surface area (Å²) < 4.78 is 5.69. The van der Waals surface area contributed by atoms with Crippen molar-refractivity contribution in [1.29, 1.82) is 0 Å². The van der Waals surface area contributed by atoms with Crippen LogP contribution >= 0.6 is 0 Å². The number of amidine groups is 1. The van der Waals surface area contributed by atoms with Gasteiger partial charge in [-0.25, -0.2) is 0 Å². The zero-order valence-corrected chi connectivity index (χ0v) is 9.67. The third kappa shape index (κ3) is 2.71. The monoisotopic (exact) mass is 210 g/mol. The van der Waals surface area contributed by atoms with Crippen molar-refractivity contribution < 1.29 is 4.74 Å². The Bertz CT molecular complexity index is 238. The number of nitrogens with zero attached hydrogens (tertiary/aromatic N) is 1. The highest BCUT2D eigenvalue weighted by Crippen LogP contribution is 2.27. The minimum absolute atomic E-state index is 0.0385. The summed E-state index contributed by atoms with van der Waals surface area (Å²) in [5, 5.41) is 0. The molecule has 0 aromatic rings. The Balaban J connectivity index is 1.86. The van der Waals surface area contributed by atoms with Crippen molar-refractivity contribution in [2.45, 2.75) is 51.0 Å². The van der Waals surface area contributed by atoms with E-state index in [0.717, 1.165) is 31.8 Å². The van der Waals surface area contributed by atoms with Crippen LogP contribution in [0.25, 0.3) is 0 Å². The molecule has 3 heteroatoms. The molecular weight excluding hydrogens is 188 g/mol. The first-order chi connectivity index (χ1) is 7.20. The molecule has 2 aliphatic rings. The van der Waals surface area contributed by atoms with Crippen molar-refractivity contribution >= 4 is 5.84 Å². The van der Waals surface area contributed by atoms with Crippen LogP contribution in [-0.2, 0) is 4.74 Å². The van der Waals surface area contributed by atoms with Gasteiger partial charge in [-0.15, -0.1) is 0 Å². The van der Waals surface area contributed by atoms with Crippen molar-refractivity contribution in [1.82, 2.24) is 0 Å². The fraction of sp³-hybridized carbons (Fsp3) is 0.917. The van der Waals surface area contributed by atoms with E-state index in [1.807, 2.05) is 0 Å². The SMILES string of the molecule is CC1(CN=C(N)C2CCCC2)CCCO1. The number of ether oxygens (including phenoxy) is 1. The number of nitrogens with two attached hydrogens (primary N) is 1. The van der Waals surface area contributed by atoms with Gasteiger partial charge in [-0.1, -0.05) is 12.8 Å². The van der Waals surface area contributed by atoms with Crippen LogP contribution in [0.15, 0.2) is 4.99 Å². The van der Waals surface area contributed by atoms with E-state index in [2.05, 4.69) is 11.9 Å². The molecule has 1 atom stereocenters. The maximum Gasteiger partial charge on any atom is 0.0969 e. The zero-order valence-electron chi connectivity index (χ0n) is 9.67. The topological polar surface area (TPSA) is 47.6 Å². The van der Waals surface area contributed by atoms with E-state index in [-0.39, 0.29) is 5.60 Å². The molecule has 0 bridgehead atoms. The van der Waals surface area contributed by atoms with Gasteiger partial charge in [-0.05, 0) is 32.6 Å². The lowest BCUT2D eigenvalue weighted by Crippen LogP contribution is -2.30. The zero-order chi connectivity index (χ0) is 10.7. The molecule has 1 saturated heterocycles. The summed E-state index contributed by atoms with van der Waals surface area (Å²) >= 11 is 0. The summed E-state index contributed by atoms with van der Waals surface area (Å²) in [7, 11) is 0. The molecule has 15 heavy (non-hydrogen) atoms. The van der Waals surface area contributed by atoms with Crippen LogP contribution in [-0.4, -0.2) is 24.6 Å². The van der Waals surface area contributed by atoms with Crippen molar-refractivity contribution in [3.8, 4) is 0 Å². The molecule has 1 heterocycles. The Morgan fingerprint density at radius 3 is 2.73 bits per heavy atom. The highest BCUT2D eigenvalue weighted by molar-refractivity contribution is 5.83. The lowest BCUT2D eigenvalue weighted by atomic mass is 10.0. The van der Waals surface area contributed by atoms with Gasteiger partial charge in [0.25, 0.3) is 0 Å². The van der Waals surface area contributed by atoms with Gasteiger partial charge in [0.2, 0.25) is 0 Å². The van der Waals surface area contributed by atoms with Gasteiger partial charge in [-0.2, -0.15) is 0 Å². The third-order valence-corrected chi connectivity index (χ3v) is 3.67. The summed E-state index contributed by atoms with van der Waals surface area (Å²) in [5.74, 6) is 1.42. The maximum atomic E-state index is 6.01. The Morgan fingerprint density at radius 1 is 1.40 bits per heavy atom. The van der Waals surface area contributed by atoms with Crippen LogP contribution in [0.4, 0.5) is 0 Å². The van der Waals surface area contributed by atoms with Crippen LogP contribution in [0.1, 0.15) is 45.4 Å². The van der Waals surface area contributed by atoms with Gasteiger partial charge < -0.3 is 10.5 Å². The minimum atomic E-state index is -0.0385. The second-order valence-corrected chi connectivity index (χ2v) is 5.12. The van der Waals surface area contributed by atoms with E-state index in [0.29, 0.717) is 5.92 Å². The van der Waals surface area contributed by atoms with Crippen molar-refractivity contribution in [2.24, 2.45) is 16.6 Å². The summed E-state index contributed by atoms with van der Waals surface area (Å²) in [4.78, 5) is 4.53. The maximum absolute atomic E-state index is 6.01. The summed E-state index contributed by atoms with van der Waals surface area (Å²) in [6, 6.07) is 0. The molecule has 0 aromatic carbocycles. The average Bonchev–Trinajstić information content (AvgIpc) is 2.85. The van der Waals surface area contributed by atoms with Gasteiger partial charge >= 0.3 is 0 Å². The van der Waals surface area contributed by atoms with Gasteiger partial charge in [0.05, 0.1) is 18.0 Å². The quantitative estimate of drug-likeness (QED) is 0.573. The van der Waals surface area contributed by atoms with Crippen LogP contribution in [0.3, 0.4) is 0 Å². The van der Waals surface area contributed by atoms with Gasteiger partial charge in [0.1, 0.15) is 0 Å². The number of aliphatic imine (C=N–C) groups is 1. The molecule has 2 N–H and O–H groups in total. The van der Waals surface area contributed by atoms with Crippen molar-refractivity contribution in [3.05, 3.63) is 0 Å². The molecule has 0 aromatic heterocycles. The molecule has 0 radical (unpaired) electrons. The second-order valence-electron chi connectivity index (χ2n) is 5.12. The van der Waals surface area contributed by atoms with Crippen LogP contribution < -0.4 is 5.73 Å². The predicted octanol–water partition coefficient (Wildman–Crippen LogP) is 2.10. The summed E-state index contributed by atoms with van der Waals surface area (Å²) in [5.41, 5.74) is 5.97. The van der Waals surface area contributed by atoms with E-state index in [9.17, 15) is 0 Å². The Hall–Kier alpha value is -0.570. The van der Waals surface area contributed by atoms with E-state index < -0.39 is 0 Å². The smallest absolute Gasteiger partial charge is 0.0969 e. The predicted molar refractivity (Wildman–Crippen MR) is 62.0 cm³/mol. The van der Waals surface area contributed by atoms with E-state index >= 15 is 0 Å². The fourth-order valence-electron chi connectivity index (χ4n) is 2.57. The van der Waals surface area contributed by atoms with Crippen molar-refractivity contribution in [2.75, 3.05) is 13.2 Å². The number of hydrogen-bond acceptors (Lipinski definition) is 2. The lowest BCUT2D eigenvalue weighted by Gasteiger charge is -2.21. The molecule has 2 rings (SSSR count). The lowest BCUT2D eigenvalue weighted by molar-refractivity contribution is 0.0284. The van der Waals surface area contributed by atoms with Gasteiger partial charge in [-0.3, -0.25) is 4.99 Å². The summed E-state index contributed by atoms with van der Waals surface area (Å²) in [6.45, 7) is 3.77. The van der Waals surface area contributed by atoms with E-state index in [1.54, 1.807) is 0 Å². The first kappa shape index (κ1) is 10.9. The highest BCUT2D eigenvalue weighted by atomic mass is 16.5. The first-order valence-electron chi connectivity index (χ1n) is 6.13. The summed E-state index contributed by atoms with van der Waals surface area (Å²) in [6.07, 6.45) is 7.37. The molecule has 3 nitrogen and oxygen atoms in total. The average molecular weight is 210 g/mol. The second kappa shape index (κ2) is 4.52. The molecule has 1 aliphatic carbocycles.